The van der Waals surface area contributed by atoms with Crippen LogP contribution >= 0.6 is 31.6 Å². The summed E-state index contributed by atoms with van der Waals surface area (Å²) < 4.78 is 23.5. The zero-order valence-electron chi connectivity index (χ0n) is 11.9. The van der Waals surface area contributed by atoms with Gasteiger partial charge in [0.05, 0.1) is 13.2 Å². The van der Waals surface area contributed by atoms with E-state index >= 15 is 0 Å². The van der Waals surface area contributed by atoms with Crippen LogP contribution in [0.3, 0.4) is 0 Å². The largest absolute Gasteiger partial charge is 0.350 e. The second-order valence-corrected chi connectivity index (χ2v) is 7.66. The van der Waals surface area contributed by atoms with E-state index in [0.717, 1.165) is 5.69 Å². The summed E-state index contributed by atoms with van der Waals surface area (Å²) in [6.45, 7) is 4.22. The minimum atomic E-state index is -3.26. The Morgan fingerprint density at radius 2 is 1.85 bits per heavy atom. The summed E-state index contributed by atoms with van der Waals surface area (Å²) in [7, 11) is -3.26. The lowest BCUT2D eigenvalue weighted by Gasteiger charge is -2.25. The van der Waals surface area contributed by atoms with Gasteiger partial charge in [-0.2, -0.15) is 0 Å². The van der Waals surface area contributed by atoms with Gasteiger partial charge in [0.15, 0.2) is 4.99 Å². The lowest BCUT2D eigenvalue weighted by Crippen LogP contribution is -2.25. The van der Waals surface area contributed by atoms with Crippen LogP contribution in [0, 0.1) is 0 Å². The van der Waals surface area contributed by atoms with Gasteiger partial charge in [-0.05, 0) is 32.2 Å². The molecular weight excluding hydrogens is 313 g/mol. The summed E-state index contributed by atoms with van der Waals surface area (Å²) in [6.07, 6.45) is 1.84. The third-order valence-electron chi connectivity index (χ3n) is 2.39. The van der Waals surface area contributed by atoms with Crippen LogP contribution in [0.25, 0.3) is 0 Å². The molecule has 0 heterocycles. The third kappa shape index (κ3) is 4.86. The van der Waals surface area contributed by atoms with Gasteiger partial charge in [-0.25, -0.2) is 0 Å². The van der Waals surface area contributed by atoms with Gasteiger partial charge in [0.1, 0.15) is 4.99 Å². The molecule has 0 fully saturated rings. The van der Waals surface area contributed by atoms with Crippen LogP contribution in [-0.4, -0.2) is 29.4 Å². The molecule has 1 N–H and O–H groups in total. The SMILES string of the molecule is CCOP(=O)(OCC)C(SC)C(=S)Nc1ccccc1. The zero-order chi connectivity index (χ0) is 15.0. The molecule has 1 aromatic rings. The van der Waals surface area contributed by atoms with Gasteiger partial charge in [0.25, 0.3) is 0 Å². The number of anilines is 1. The van der Waals surface area contributed by atoms with Crippen LogP contribution in [0.5, 0.6) is 0 Å². The van der Waals surface area contributed by atoms with Crippen molar-refractivity contribution in [2.75, 3.05) is 24.8 Å². The average molecular weight is 333 g/mol. The maximum atomic E-state index is 12.8. The molecule has 0 bridgehead atoms. The summed E-state index contributed by atoms with van der Waals surface area (Å²) in [5.74, 6) is 0. The molecule has 1 rings (SSSR count). The Bertz CT molecular complexity index is 460. The summed E-state index contributed by atoms with van der Waals surface area (Å²) in [5, 5.41) is 3.09. The van der Waals surface area contributed by atoms with E-state index < -0.39 is 12.6 Å². The van der Waals surface area contributed by atoms with Crippen LogP contribution in [0.4, 0.5) is 5.69 Å². The van der Waals surface area contributed by atoms with Crippen LogP contribution in [-0.2, 0) is 13.6 Å². The van der Waals surface area contributed by atoms with E-state index in [1.54, 1.807) is 13.8 Å². The summed E-state index contributed by atoms with van der Waals surface area (Å²) in [6, 6.07) is 9.53. The number of nitrogens with one attached hydrogen (secondary N) is 1. The van der Waals surface area contributed by atoms with Gasteiger partial charge in [-0.1, -0.05) is 30.4 Å². The predicted molar refractivity (Wildman–Crippen MR) is 90.8 cm³/mol. The first kappa shape index (κ1) is 17.7. The highest BCUT2D eigenvalue weighted by Gasteiger charge is 2.38. The van der Waals surface area contributed by atoms with Crippen LogP contribution < -0.4 is 5.32 Å². The fraction of sp³-hybridized carbons (Fsp3) is 0.462. The number of para-hydroxylation sites is 1. The van der Waals surface area contributed by atoms with E-state index in [4.69, 9.17) is 21.3 Å². The van der Waals surface area contributed by atoms with Crippen molar-refractivity contribution in [2.45, 2.75) is 18.8 Å². The highest BCUT2D eigenvalue weighted by Crippen LogP contribution is 2.57. The molecule has 0 aliphatic rings. The number of rotatable bonds is 8. The monoisotopic (exact) mass is 333 g/mol. The Kier molecular flexibility index (Phi) is 7.77. The third-order valence-corrected chi connectivity index (χ3v) is 7.21. The molecule has 112 valence electrons. The Labute approximate surface area is 130 Å². The second-order valence-electron chi connectivity index (χ2n) is 3.82. The van der Waals surface area contributed by atoms with Crippen molar-refractivity contribution in [3.05, 3.63) is 30.3 Å². The van der Waals surface area contributed by atoms with Gasteiger partial charge >= 0.3 is 7.60 Å². The molecule has 7 heteroatoms. The lowest BCUT2D eigenvalue weighted by molar-refractivity contribution is 0.222. The lowest BCUT2D eigenvalue weighted by atomic mass is 10.3. The second kappa shape index (κ2) is 8.80. The number of hydrogen-bond acceptors (Lipinski definition) is 5. The molecule has 0 aliphatic carbocycles. The Hall–Kier alpha value is -0.390. The minimum Gasteiger partial charge on any atom is -0.349 e. The first-order valence-corrected chi connectivity index (χ1v) is 9.65. The van der Waals surface area contributed by atoms with Crippen LogP contribution in [0.15, 0.2) is 30.3 Å². The molecule has 4 nitrogen and oxygen atoms in total. The van der Waals surface area contributed by atoms with Crippen molar-refractivity contribution in [1.82, 2.24) is 0 Å². The highest BCUT2D eigenvalue weighted by atomic mass is 32.2. The van der Waals surface area contributed by atoms with Gasteiger partial charge in [0.2, 0.25) is 0 Å². The van der Waals surface area contributed by atoms with E-state index in [9.17, 15) is 4.57 Å². The Balaban J connectivity index is 2.87. The Morgan fingerprint density at radius 3 is 2.30 bits per heavy atom. The van der Waals surface area contributed by atoms with E-state index in [2.05, 4.69) is 5.32 Å². The van der Waals surface area contributed by atoms with E-state index in [1.807, 2.05) is 36.6 Å². The topological polar surface area (TPSA) is 47.6 Å². The molecule has 1 unspecified atom stereocenters. The molecule has 0 spiro atoms. The fourth-order valence-corrected chi connectivity index (χ4v) is 5.52. The molecule has 0 aromatic heterocycles. The van der Waals surface area contributed by atoms with Crippen molar-refractivity contribution in [2.24, 2.45) is 0 Å². The first-order chi connectivity index (χ1) is 9.57. The number of hydrogen-bond donors (Lipinski definition) is 1. The van der Waals surface area contributed by atoms with Gasteiger partial charge in [-0.3, -0.25) is 4.57 Å². The molecule has 1 atom stereocenters. The molecular formula is C13H20NO3PS2. The summed E-state index contributed by atoms with van der Waals surface area (Å²) in [5.41, 5.74) is 0.857. The normalized spacial score (nSPS) is 12.9. The average Bonchev–Trinajstić information content (AvgIpc) is 2.41. The molecule has 0 saturated heterocycles. The fourth-order valence-electron chi connectivity index (χ4n) is 1.64. The number of thiocarbonyl (C=S) groups is 1. The molecule has 0 radical (unpaired) electrons. The van der Waals surface area contributed by atoms with Crippen molar-refractivity contribution in [3.8, 4) is 0 Å². The van der Waals surface area contributed by atoms with Crippen molar-refractivity contribution in [1.29, 1.82) is 0 Å². The van der Waals surface area contributed by atoms with Crippen LogP contribution in [0.1, 0.15) is 13.8 Å². The minimum absolute atomic E-state index is 0.322. The van der Waals surface area contributed by atoms with Gasteiger partial charge in [0, 0.05) is 5.69 Å². The molecule has 0 amide bonds. The van der Waals surface area contributed by atoms with Crippen molar-refractivity contribution < 1.29 is 13.6 Å². The van der Waals surface area contributed by atoms with Gasteiger partial charge in [-0.15, -0.1) is 11.8 Å². The van der Waals surface area contributed by atoms with Gasteiger partial charge < -0.3 is 14.4 Å². The van der Waals surface area contributed by atoms with Crippen molar-refractivity contribution in [3.63, 3.8) is 0 Å². The maximum Gasteiger partial charge on any atom is 0.350 e. The highest BCUT2D eigenvalue weighted by molar-refractivity contribution is 8.07. The maximum absolute atomic E-state index is 12.8. The standard InChI is InChI=1S/C13H20NO3PS2/c1-4-16-18(15,17-5-2)13(20-3)12(19)14-11-9-7-6-8-10-11/h6-10,13H,4-5H2,1-3H3,(H,14,19). The van der Waals surface area contributed by atoms with E-state index in [1.165, 1.54) is 11.8 Å². The van der Waals surface area contributed by atoms with E-state index in [0.29, 0.717) is 18.2 Å². The molecule has 20 heavy (non-hydrogen) atoms. The first-order valence-electron chi connectivity index (χ1n) is 6.34. The molecule has 1 aromatic carbocycles. The number of benzene rings is 1. The zero-order valence-corrected chi connectivity index (χ0v) is 14.4. The quantitative estimate of drug-likeness (QED) is 0.563. The predicted octanol–water partition coefficient (Wildman–Crippen LogP) is 4.38. The van der Waals surface area contributed by atoms with E-state index in [-0.39, 0.29) is 0 Å². The summed E-state index contributed by atoms with van der Waals surface area (Å²) in [4.78, 5) is -0.0634. The number of thioether (sulfide) groups is 1. The molecule has 0 saturated carbocycles. The smallest absolute Gasteiger partial charge is 0.349 e. The van der Waals surface area contributed by atoms with Crippen molar-refractivity contribution >= 4 is 42.3 Å². The van der Waals surface area contributed by atoms with Crippen LogP contribution in [0.2, 0.25) is 0 Å². The Morgan fingerprint density at radius 1 is 1.30 bits per heavy atom. The summed E-state index contributed by atoms with van der Waals surface area (Å²) >= 11 is 6.74. The molecule has 0 aliphatic heterocycles.